The molecule has 0 radical (unpaired) electrons. The molecule has 12 heavy (non-hydrogen) atoms. The highest BCUT2D eigenvalue weighted by Gasteiger charge is 2.31. The third kappa shape index (κ3) is 1.08. The van der Waals surface area contributed by atoms with Gasteiger partial charge in [-0.2, -0.15) is 5.10 Å². The van der Waals surface area contributed by atoms with Crippen LogP contribution in [0.4, 0.5) is 5.82 Å². The maximum atomic E-state index is 5.53. The van der Waals surface area contributed by atoms with Gasteiger partial charge < -0.3 is 11.1 Å². The Labute approximate surface area is 71.5 Å². The fraction of sp³-hybridized carbons (Fsp3) is 0.625. The summed E-state index contributed by atoms with van der Waals surface area (Å²) in [6.45, 7) is 3.25. The third-order valence-corrected chi connectivity index (χ3v) is 2.56. The Morgan fingerprint density at radius 2 is 2.50 bits per heavy atom. The van der Waals surface area contributed by atoms with Crippen LogP contribution in [0.2, 0.25) is 0 Å². The summed E-state index contributed by atoms with van der Waals surface area (Å²) in [5.41, 5.74) is 6.69. The summed E-state index contributed by atoms with van der Waals surface area (Å²) in [5, 5.41) is 10.3. The third-order valence-electron chi connectivity index (χ3n) is 2.56. The fourth-order valence-corrected chi connectivity index (χ4v) is 1.74. The average molecular weight is 166 g/mol. The predicted molar refractivity (Wildman–Crippen MR) is 47.6 cm³/mol. The highest BCUT2D eigenvalue weighted by Crippen LogP contribution is 2.29. The lowest BCUT2D eigenvalue weighted by molar-refractivity contribution is 0.421. The molecule has 0 amide bonds. The van der Waals surface area contributed by atoms with Crippen molar-refractivity contribution in [3.05, 3.63) is 11.8 Å². The summed E-state index contributed by atoms with van der Waals surface area (Å²) >= 11 is 0. The highest BCUT2D eigenvalue weighted by atomic mass is 15.2. The molecule has 66 valence electrons. The summed E-state index contributed by atoms with van der Waals surface area (Å²) in [6, 6.07) is 1.90. The number of hydrogen-bond acceptors (Lipinski definition) is 3. The van der Waals surface area contributed by atoms with Crippen LogP contribution in [0, 0.1) is 0 Å². The molecular formula is C8H14N4. The Morgan fingerprint density at radius 1 is 1.67 bits per heavy atom. The molecule has 2 rings (SSSR count). The second-order valence-electron chi connectivity index (χ2n) is 3.57. The smallest absolute Gasteiger partial charge is 0.145 e. The van der Waals surface area contributed by atoms with E-state index in [-0.39, 0.29) is 5.54 Å². The van der Waals surface area contributed by atoms with Crippen LogP contribution in [0.25, 0.3) is 0 Å². The molecule has 4 nitrogen and oxygen atoms in total. The molecule has 1 unspecified atom stereocenters. The van der Waals surface area contributed by atoms with Crippen molar-refractivity contribution in [2.24, 2.45) is 0 Å². The van der Waals surface area contributed by atoms with Crippen molar-refractivity contribution in [3.63, 3.8) is 0 Å². The van der Waals surface area contributed by atoms with Crippen LogP contribution >= 0.6 is 0 Å². The van der Waals surface area contributed by atoms with E-state index in [2.05, 4.69) is 22.4 Å². The van der Waals surface area contributed by atoms with Crippen LogP contribution in [0.1, 0.15) is 25.5 Å². The number of nitrogens with one attached hydrogen (secondary N) is 2. The van der Waals surface area contributed by atoms with Gasteiger partial charge >= 0.3 is 0 Å². The van der Waals surface area contributed by atoms with Crippen molar-refractivity contribution in [2.45, 2.75) is 25.3 Å². The lowest BCUT2D eigenvalue weighted by atomic mass is 9.96. The molecule has 1 saturated heterocycles. The maximum absolute atomic E-state index is 5.53. The number of H-pyrrole nitrogens is 1. The molecule has 0 bridgehead atoms. The lowest BCUT2D eigenvalue weighted by Crippen LogP contribution is -2.33. The van der Waals surface area contributed by atoms with Crippen molar-refractivity contribution < 1.29 is 0 Å². The molecule has 0 aromatic carbocycles. The molecule has 1 aromatic rings. The van der Waals surface area contributed by atoms with Crippen molar-refractivity contribution in [1.82, 2.24) is 15.5 Å². The van der Waals surface area contributed by atoms with Gasteiger partial charge in [-0.25, -0.2) is 0 Å². The van der Waals surface area contributed by atoms with Gasteiger partial charge in [0, 0.05) is 6.07 Å². The van der Waals surface area contributed by atoms with Crippen molar-refractivity contribution in [1.29, 1.82) is 0 Å². The summed E-state index contributed by atoms with van der Waals surface area (Å²) in [4.78, 5) is 0. The second kappa shape index (κ2) is 2.48. The standard InChI is InChI=1S/C8H14N4/c1-8(3-2-4-10-8)6-5-7(9)12-11-6/h5,10H,2-4H2,1H3,(H3,9,11,12). The lowest BCUT2D eigenvalue weighted by Gasteiger charge is -2.21. The highest BCUT2D eigenvalue weighted by molar-refractivity contribution is 5.32. The molecule has 0 spiro atoms. The predicted octanol–water partition coefficient (Wildman–Crippen LogP) is 0.590. The number of nitrogen functional groups attached to an aromatic ring is 1. The van der Waals surface area contributed by atoms with Gasteiger partial charge in [0.1, 0.15) is 5.82 Å². The van der Waals surface area contributed by atoms with E-state index >= 15 is 0 Å². The van der Waals surface area contributed by atoms with Crippen LogP contribution < -0.4 is 11.1 Å². The van der Waals surface area contributed by atoms with Gasteiger partial charge in [-0.05, 0) is 26.3 Å². The Morgan fingerprint density at radius 3 is 3.00 bits per heavy atom. The molecule has 2 heterocycles. The summed E-state index contributed by atoms with van der Waals surface area (Å²) in [5.74, 6) is 0.569. The number of rotatable bonds is 1. The minimum Gasteiger partial charge on any atom is -0.382 e. The SMILES string of the molecule is CC1(c2cc(N)n[nH]2)CCCN1. The van der Waals surface area contributed by atoms with Crippen LogP contribution in [0.3, 0.4) is 0 Å². The summed E-state index contributed by atoms with van der Waals surface area (Å²) in [6.07, 6.45) is 2.37. The topological polar surface area (TPSA) is 66.7 Å². The molecule has 4 heteroatoms. The van der Waals surface area contributed by atoms with Crippen molar-refractivity contribution in [2.75, 3.05) is 12.3 Å². The van der Waals surface area contributed by atoms with E-state index < -0.39 is 0 Å². The van der Waals surface area contributed by atoms with E-state index in [4.69, 9.17) is 5.73 Å². The van der Waals surface area contributed by atoms with Gasteiger partial charge in [0.05, 0.1) is 11.2 Å². The summed E-state index contributed by atoms with van der Waals surface area (Å²) < 4.78 is 0. The van der Waals surface area contributed by atoms with Gasteiger partial charge in [-0.15, -0.1) is 0 Å². The Bertz CT molecular complexity index is 272. The van der Waals surface area contributed by atoms with Gasteiger partial charge in [0.15, 0.2) is 0 Å². The monoisotopic (exact) mass is 166 g/mol. The van der Waals surface area contributed by atoms with Crippen molar-refractivity contribution >= 4 is 5.82 Å². The molecule has 4 N–H and O–H groups in total. The van der Waals surface area contributed by atoms with Crippen LogP contribution in [-0.4, -0.2) is 16.7 Å². The Kier molecular flexibility index (Phi) is 1.58. The number of nitrogens with zero attached hydrogens (tertiary/aromatic N) is 1. The van der Waals surface area contributed by atoms with E-state index in [9.17, 15) is 0 Å². The molecule has 1 atom stereocenters. The second-order valence-corrected chi connectivity index (χ2v) is 3.57. The molecule has 1 aliphatic rings. The van der Waals surface area contributed by atoms with Crippen LogP contribution in [0.15, 0.2) is 6.07 Å². The van der Waals surface area contributed by atoms with E-state index in [0.717, 1.165) is 18.7 Å². The van der Waals surface area contributed by atoms with E-state index in [1.54, 1.807) is 0 Å². The number of hydrogen-bond donors (Lipinski definition) is 3. The van der Waals surface area contributed by atoms with Gasteiger partial charge in [0.2, 0.25) is 0 Å². The molecular weight excluding hydrogens is 152 g/mol. The van der Waals surface area contributed by atoms with Gasteiger partial charge in [-0.3, -0.25) is 5.10 Å². The normalized spacial score (nSPS) is 29.4. The molecule has 0 saturated carbocycles. The molecule has 0 aliphatic carbocycles. The Balaban J connectivity index is 2.28. The summed E-state index contributed by atoms with van der Waals surface area (Å²) in [7, 11) is 0. The first-order chi connectivity index (χ1) is 5.71. The van der Waals surface area contributed by atoms with Crippen LogP contribution in [0.5, 0.6) is 0 Å². The number of nitrogens with two attached hydrogens (primary N) is 1. The molecule has 1 aromatic heterocycles. The number of aromatic amines is 1. The zero-order valence-corrected chi connectivity index (χ0v) is 7.22. The number of aromatic nitrogens is 2. The first kappa shape index (κ1) is 7.61. The van der Waals surface area contributed by atoms with E-state index in [1.807, 2.05) is 6.07 Å². The quantitative estimate of drug-likeness (QED) is 0.572. The zero-order chi connectivity index (χ0) is 8.60. The first-order valence-electron chi connectivity index (χ1n) is 4.27. The average Bonchev–Trinajstić information content (AvgIpc) is 2.59. The van der Waals surface area contributed by atoms with Gasteiger partial charge in [0.25, 0.3) is 0 Å². The van der Waals surface area contributed by atoms with Crippen LogP contribution in [-0.2, 0) is 5.54 Å². The maximum Gasteiger partial charge on any atom is 0.145 e. The Hall–Kier alpha value is -1.03. The first-order valence-corrected chi connectivity index (χ1v) is 4.27. The van der Waals surface area contributed by atoms with Gasteiger partial charge in [-0.1, -0.05) is 0 Å². The minimum atomic E-state index is 0.0601. The fourth-order valence-electron chi connectivity index (χ4n) is 1.74. The minimum absolute atomic E-state index is 0.0601. The largest absolute Gasteiger partial charge is 0.382 e. The van der Waals surface area contributed by atoms with E-state index in [1.165, 1.54) is 6.42 Å². The zero-order valence-electron chi connectivity index (χ0n) is 7.22. The molecule has 1 aliphatic heterocycles. The molecule has 1 fully saturated rings. The van der Waals surface area contributed by atoms with Crippen molar-refractivity contribution in [3.8, 4) is 0 Å². The van der Waals surface area contributed by atoms with E-state index in [0.29, 0.717) is 5.82 Å². The number of anilines is 1.